The molecule has 0 N–H and O–H groups in total. The molecule has 2 atom stereocenters. The zero-order chi connectivity index (χ0) is 11.8. The fourth-order valence-electron chi connectivity index (χ4n) is 1.27. The van der Waals surface area contributed by atoms with E-state index in [0.717, 1.165) is 12.2 Å². The summed E-state index contributed by atoms with van der Waals surface area (Å²) >= 11 is 1.78. The van der Waals surface area contributed by atoms with Crippen LogP contribution in [0.2, 0.25) is 0 Å². The quantitative estimate of drug-likeness (QED) is 0.699. The molecule has 0 aliphatic rings. The van der Waals surface area contributed by atoms with Crippen molar-refractivity contribution in [3.8, 4) is 6.07 Å². The predicted molar refractivity (Wildman–Crippen MR) is 64.6 cm³/mol. The molecular formula is C11H20N2OS. The lowest BCUT2D eigenvalue weighted by molar-refractivity contribution is -0.134. The second-order valence-corrected chi connectivity index (χ2v) is 4.66. The van der Waals surface area contributed by atoms with Crippen molar-refractivity contribution in [3.05, 3.63) is 0 Å². The van der Waals surface area contributed by atoms with Crippen molar-refractivity contribution in [2.45, 2.75) is 32.7 Å². The first-order chi connectivity index (χ1) is 7.08. The van der Waals surface area contributed by atoms with Gasteiger partial charge in [-0.05, 0) is 31.8 Å². The van der Waals surface area contributed by atoms with Crippen LogP contribution >= 0.6 is 11.8 Å². The normalized spacial score (nSPS) is 14.1. The first-order valence-corrected chi connectivity index (χ1v) is 6.63. The van der Waals surface area contributed by atoms with E-state index in [9.17, 15) is 4.79 Å². The van der Waals surface area contributed by atoms with E-state index in [1.807, 2.05) is 19.9 Å². The first-order valence-electron chi connectivity index (χ1n) is 5.23. The molecule has 2 unspecified atom stereocenters. The first kappa shape index (κ1) is 14.3. The van der Waals surface area contributed by atoms with E-state index in [1.165, 1.54) is 0 Å². The molecular weight excluding hydrogens is 208 g/mol. The van der Waals surface area contributed by atoms with Gasteiger partial charge in [0, 0.05) is 13.1 Å². The summed E-state index contributed by atoms with van der Waals surface area (Å²) in [5, 5.41) is 8.80. The summed E-state index contributed by atoms with van der Waals surface area (Å²) < 4.78 is 0. The summed E-state index contributed by atoms with van der Waals surface area (Å²) in [6, 6.07) is 2.26. The van der Waals surface area contributed by atoms with Crippen LogP contribution in [-0.4, -0.2) is 35.9 Å². The molecule has 4 heteroatoms. The van der Waals surface area contributed by atoms with Crippen molar-refractivity contribution in [2.75, 3.05) is 19.1 Å². The van der Waals surface area contributed by atoms with Crippen molar-refractivity contribution in [3.63, 3.8) is 0 Å². The summed E-state index contributed by atoms with van der Waals surface area (Å²) in [7, 11) is 1.79. The lowest BCUT2D eigenvalue weighted by Crippen LogP contribution is -2.39. The molecule has 15 heavy (non-hydrogen) atoms. The monoisotopic (exact) mass is 228 g/mol. The minimum Gasteiger partial charge on any atom is -0.342 e. The maximum Gasteiger partial charge on any atom is 0.239 e. The Bertz CT molecular complexity index is 237. The van der Waals surface area contributed by atoms with Crippen molar-refractivity contribution < 1.29 is 4.79 Å². The Morgan fingerprint density at radius 3 is 2.60 bits per heavy atom. The summed E-state index contributed by atoms with van der Waals surface area (Å²) in [6.45, 7) is 3.89. The summed E-state index contributed by atoms with van der Waals surface area (Å²) in [5.74, 6) is 0.516. The second kappa shape index (κ2) is 7.58. The van der Waals surface area contributed by atoms with Gasteiger partial charge in [0.05, 0.1) is 6.07 Å². The minimum absolute atomic E-state index is 0.0476. The van der Waals surface area contributed by atoms with Crippen molar-refractivity contribution >= 4 is 17.7 Å². The highest BCUT2D eigenvalue weighted by atomic mass is 32.2. The lowest BCUT2D eigenvalue weighted by Gasteiger charge is -2.26. The lowest BCUT2D eigenvalue weighted by atomic mass is 10.1. The van der Waals surface area contributed by atoms with Crippen LogP contribution in [0.25, 0.3) is 0 Å². The largest absolute Gasteiger partial charge is 0.342 e. The molecule has 0 fully saturated rings. The van der Waals surface area contributed by atoms with E-state index >= 15 is 0 Å². The number of nitrogens with zero attached hydrogens (tertiary/aromatic N) is 2. The van der Waals surface area contributed by atoms with Gasteiger partial charge in [0.2, 0.25) is 5.91 Å². The van der Waals surface area contributed by atoms with Gasteiger partial charge in [-0.15, -0.1) is 0 Å². The van der Waals surface area contributed by atoms with Gasteiger partial charge in [-0.3, -0.25) is 4.79 Å². The molecule has 0 aromatic heterocycles. The average Bonchev–Trinajstić information content (AvgIpc) is 2.26. The third-order valence-corrected chi connectivity index (χ3v) is 3.25. The van der Waals surface area contributed by atoms with E-state index in [4.69, 9.17) is 5.26 Å². The Morgan fingerprint density at radius 2 is 2.20 bits per heavy atom. The van der Waals surface area contributed by atoms with Crippen molar-refractivity contribution in [1.29, 1.82) is 5.26 Å². The highest BCUT2D eigenvalue weighted by Gasteiger charge is 2.22. The molecule has 1 amide bonds. The van der Waals surface area contributed by atoms with Crippen LogP contribution in [0.15, 0.2) is 0 Å². The van der Waals surface area contributed by atoms with Gasteiger partial charge in [0.15, 0.2) is 0 Å². The third-order valence-electron chi connectivity index (χ3n) is 2.61. The molecule has 0 aliphatic heterocycles. The topological polar surface area (TPSA) is 44.1 Å². The molecule has 0 saturated heterocycles. The van der Waals surface area contributed by atoms with E-state index < -0.39 is 5.92 Å². The summed E-state index contributed by atoms with van der Waals surface area (Å²) in [4.78, 5) is 13.5. The second-order valence-electron chi connectivity index (χ2n) is 3.67. The van der Waals surface area contributed by atoms with Gasteiger partial charge >= 0.3 is 0 Å². The Balaban J connectivity index is 4.24. The van der Waals surface area contributed by atoms with Gasteiger partial charge in [-0.25, -0.2) is 0 Å². The maximum absolute atomic E-state index is 11.8. The van der Waals surface area contributed by atoms with E-state index in [2.05, 4.69) is 6.26 Å². The Kier molecular flexibility index (Phi) is 7.23. The fraction of sp³-hybridized carbons (Fsp3) is 0.818. The van der Waals surface area contributed by atoms with Crippen LogP contribution in [-0.2, 0) is 4.79 Å². The summed E-state index contributed by atoms with van der Waals surface area (Å²) in [5.41, 5.74) is 0. The van der Waals surface area contributed by atoms with Gasteiger partial charge in [-0.2, -0.15) is 17.0 Å². The van der Waals surface area contributed by atoms with E-state index in [1.54, 1.807) is 23.7 Å². The van der Waals surface area contributed by atoms with Gasteiger partial charge in [-0.1, -0.05) is 6.92 Å². The summed E-state index contributed by atoms with van der Waals surface area (Å²) in [6.07, 6.45) is 3.62. The number of hydrogen-bond donors (Lipinski definition) is 0. The van der Waals surface area contributed by atoms with Crippen LogP contribution in [0.3, 0.4) is 0 Å². The number of thioether (sulfide) groups is 1. The number of nitriles is 1. The standard InChI is InChI=1S/C11H20N2OS/c1-5-10(8-12)11(14)13(3)9(2)6-7-15-4/h9-10H,5-7H2,1-4H3. The smallest absolute Gasteiger partial charge is 0.239 e. The molecule has 0 spiro atoms. The molecule has 0 bridgehead atoms. The molecule has 86 valence electrons. The zero-order valence-corrected chi connectivity index (χ0v) is 10.8. The highest BCUT2D eigenvalue weighted by Crippen LogP contribution is 2.11. The molecule has 3 nitrogen and oxygen atoms in total. The minimum atomic E-state index is -0.480. The number of hydrogen-bond acceptors (Lipinski definition) is 3. The van der Waals surface area contributed by atoms with Crippen LogP contribution in [0.5, 0.6) is 0 Å². The number of carbonyl (C=O) groups is 1. The molecule has 0 rings (SSSR count). The molecule has 0 saturated carbocycles. The average molecular weight is 228 g/mol. The Labute approximate surface area is 96.8 Å². The van der Waals surface area contributed by atoms with Gasteiger partial charge < -0.3 is 4.90 Å². The van der Waals surface area contributed by atoms with Gasteiger partial charge in [0.1, 0.15) is 5.92 Å². The van der Waals surface area contributed by atoms with Crippen LogP contribution in [0, 0.1) is 17.2 Å². The van der Waals surface area contributed by atoms with E-state index in [-0.39, 0.29) is 11.9 Å². The molecule has 0 radical (unpaired) electrons. The molecule has 0 aromatic rings. The highest BCUT2D eigenvalue weighted by molar-refractivity contribution is 7.98. The zero-order valence-electron chi connectivity index (χ0n) is 9.99. The number of rotatable bonds is 6. The predicted octanol–water partition coefficient (Wildman–Crippen LogP) is 2.14. The third kappa shape index (κ3) is 4.57. The molecule has 0 aromatic carbocycles. The van der Waals surface area contributed by atoms with Gasteiger partial charge in [0.25, 0.3) is 0 Å². The van der Waals surface area contributed by atoms with Crippen molar-refractivity contribution in [1.82, 2.24) is 4.90 Å². The maximum atomic E-state index is 11.8. The number of amides is 1. The SMILES string of the molecule is CCC(C#N)C(=O)N(C)C(C)CCSC. The van der Waals surface area contributed by atoms with Crippen molar-refractivity contribution in [2.24, 2.45) is 5.92 Å². The fourth-order valence-corrected chi connectivity index (χ4v) is 1.84. The Morgan fingerprint density at radius 1 is 1.60 bits per heavy atom. The van der Waals surface area contributed by atoms with Crippen LogP contribution in [0.4, 0.5) is 0 Å². The Hall–Kier alpha value is -0.690. The number of carbonyl (C=O) groups excluding carboxylic acids is 1. The molecule has 0 aliphatic carbocycles. The van der Waals surface area contributed by atoms with E-state index in [0.29, 0.717) is 6.42 Å². The van der Waals surface area contributed by atoms with Crippen LogP contribution in [0.1, 0.15) is 26.7 Å². The van der Waals surface area contributed by atoms with Crippen LogP contribution < -0.4 is 0 Å². The molecule has 0 heterocycles.